The number of aliphatic imine (C=N–C) groups is 1. The molecule has 0 aliphatic heterocycles. The molecule has 24 heavy (non-hydrogen) atoms. The molecule has 0 bridgehead atoms. The second-order valence-electron chi connectivity index (χ2n) is 5.29. The van der Waals surface area contributed by atoms with Crippen molar-refractivity contribution >= 4 is 41.5 Å². The highest BCUT2D eigenvalue weighted by Crippen LogP contribution is 2.11. The van der Waals surface area contributed by atoms with E-state index >= 15 is 0 Å². The fraction of sp³-hybridized carbons (Fsp3) is 0.333. The van der Waals surface area contributed by atoms with Crippen molar-refractivity contribution in [2.24, 2.45) is 4.99 Å². The number of aromatic nitrogens is 1. The molecule has 0 radical (unpaired) electrons. The first-order chi connectivity index (χ1) is 11.2. The molecule has 0 saturated carbocycles. The smallest absolute Gasteiger partial charge is 0.193 e. The van der Waals surface area contributed by atoms with Gasteiger partial charge >= 0.3 is 0 Å². The van der Waals surface area contributed by atoms with E-state index in [2.05, 4.69) is 27.1 Å². The Balaban J connectivity index is 0.00000288. The van der Waals surface area contributed by atoms with E-state index in [4.69, 9.17) is 11.6 Å². The Morgan fingerprint density at radius 1 is 1.21 bits per heavy atom. The predicted octanol–water partition coefficient (Wildman–Crippen LogP) is 3.99. The Bertz CT molecular complexity index is 617. The van der Waals surface area contributed by atoms with E-state index in [9.17, 15) is 0 Å². The predicted molar refractivity (Wildman–Crippen MR) is 112 cm³/mol. The maximum atomic E-state index is 5.93. The average Bonchev–Trinajstić information content (AvgIpc) is 2.57. The van der Waals surface area contributed by atoms with E-state index in [1.165, 1.54) is 5.56 Å². The molecule has 6 heteroatoms. The summed E-state index contributed by atoms with van der Waals surface area (Å²) >= 11 is 5.93. The fourth-order valence-electron chi connectivity index (χ4n) is 2.23. The van der Waals surface area contributed by atoms with Gasteiger partial charge < -0.3 is 10.2 Å². The van der Waals surface area contributed by atoms with Crippen molar-refractivity contribution in [2.45, 2.75) is 19.9 Å². The van der Waals surface area contributed by atoms with Crippen LogP contribution >= 0.6 is 35.6 Å². The molecule has 2 rings (SSSR count). The minimum atomic E-state index is 0. The standard InChI is InChI=1S/C18H23ClN4.HI/c1-3-20-18(22-13-11-17-6-4-5-12-21-17)23(2)14-15-7-9-16(19)10-8-15;/h4-10,12H,3,11,13-14H2,1-2H3,(H,20,22);1H. The third-order valence-electron chi connectivity index (χ3n) is 3.39. The molecule has 0 unspecified atom stereocenters. The molecule has 0 fully saturated rings. The molecule has 130 valence electrons. The summed E-state index contributed by atoms with van der Waals surface area (Å²) in [6, 6.07) is 13.9. The zero-order chi connectivity index (χ0) is 16.5. The summed E-state index contributed by atoms with van der Waals surface area (Å²) in [6.45, 7) is 4.41. The van der Waals surface area contributed by atoms with Crippen LogP contribution < -0.4 is 5.32 Å². The molecule has 1 N–H and O–H groups in total. The summed E-state index contributed by atoms with van der Waals surface area (Å²) in [5.41, 5.74) is 2.26. The van der Waals surface area contributed by atoms with Crippen LogP contribution in [0.1, 0.15) is 18.2 Å². The van der Waals surface area contributed by atoms with E-state index in [0.29, 0.717) is 6.54 Å². The van der Waals surface area contributed by atoms with Crippen LogP contribution in [0.4, 0.5) is 0 Å². The van der Waals surface area contributed by atoms with Crippen molar-refractivity contribution in [3.05, 3.63) is 64.9 Å². The van der Waals surface area contributed by atoms with Gasteiger partial charge in [-0.15, -0.1) is 24.0 Å². The van der Waals surface area contributed by atoms with Crippen molar-refractivity contribution in [1.29, 1.82) is 0 Å². The van der Waals surface area contributed by atoms with Crippen LogP contribution in [-0.2, 0) is 13.0 Å². The van der Waals surface area contributed by atoms with Crippen LogP contribution in [0.2, 0.25) is 5.02 Å². The van der Waals surface area contributed by atoms with Gasteiger partial charge in [-0.3, -0.25) is 9.98 Å². The van der Waals surface area contributed by atoms with E-state index in [1.807, 2.05) is 55.7 Å². The summed E-state index contributed by atoms with van der Waals surface area (Å²) in [6.07, 6.45) is 2.65. The lowest BCUT2D eigenvalue weighted by Crippen LogP contribution is -2.38. The van der Waals surface area contributed by atoms with Gasteiger partial charge in [-0.25, -0.2) is 0 Å². The largest absolute Gasteiger partial charge is 0.357 e. The molecular formula is C18H24ClIN4. The van der Waals surface area contributed by atoms with Gasteiger partial charge in [0.2, 0.25) is 0 Å². The van der Waals surface area contributed by atoms with Crippen LogP contribution in [0, 0.1) is 0 Å². The van der Waals surface area contributed by atoms with Crippen LogP contribution in [0.5, 0.6) is 0 Å². The van der Waals surface area contributed by atoms with Gasteiger partial charge in [0.05, 0.1) is 0 Å². The summed E-state index contributed by atoms with van der Waals surface area (Å²) in [7, 11) is 2.04. The van der Waals surface area contributed by atoms with E-state index in [-0.39, 0.29) is 24.0 Å². The number of rotatable bonds is 6. The highest BCUT2D eigenvalue weighted by atomic mass is 127. The second-order valence-corrected chi connectivity index (χ2v) is 5.73. The molecule has 1 aromatic carbocycles. The van der Waals surface area contributed by atoms with Crippen LogP contribution in [0.15, 0.2) is 53.7 Å². The molecule has 0 spiro atoms. The third kappa shape index (κ3) is 7.05. The highest BCUT2D eigenvalue weighted by molar-refractivity contribution is 14.0. The topological polar surface area (TPSA) is 40.5 Å². The Labute approximate surface area is 166 Å². The number of halogens is 2. The minimum Gasteiger partial charge on any atom is -0.357 e. The molecular weight excluding hydrogens is 435 g/mol. The normalized spacial score (nSPS) is 10.9. The Hall–Kier alpha value is -1.34. The van der Waals surface area contributed by atoms with Crippen molar-refractivity contribution in [3.63, 3.8) is 0 Å². The SMILES string of the molecule is CCNC(=NCCc1ccccn1)N(C)Cc1ccc(Cl)cc1.I. The summed E-state index contributed by atoms with van der Waals surface area (Å²) in [4.78, 5) is 11.1. The Kier molecular flexibility index (Phi) is 9.71. The zero-order valence-corrected chi connectivity index (χ0v) is 17.2. The van der Waals surface area contributed by atoms with Gasteiger partial charge in [-0.05, 0) is 36.8 Å². The van der Waals surface area contributed by atoms with Gasteiger partial charge in [0.1, 0.15) is 0 Å². The number of hydrogen-bond donors (Lipinski definition) is 1. The third-order valence-corrected chi connectivity index (χ3v) is 3.64. The lowest BCUT2D eigenvalue weighted by Gasteiger charge is -2.22. The van der Waals surface area contributed by atoms with Gasteiger partial charge in [0.15, 0.2) is 5.96 Å². The first-order valence-corrected chi connectivity index (χ1v) is 8.20. The molecule has 2 aromatic rings. The lowest BCUT2D eigenvalue weighted by atomic mass is 10.2. The molecule has 0 amide bonds. The number of nitrogens with zero attached hydrogens (tertiary/aromatic N) is 3. The summed E-state index contributed by atoms with van der Waals surface area (Å²) in [5.74, 6) is 0.901. The zero-order valence-electron chi connectivity index (χ0n) is 14.1. The second kappa shape index (κ2) is 11.3. The maximum Gasteiger partial charge on any atom is 0.193 e. The molecule has 1 heterocycles. The highest BCUT2D eigenvalue weighted by Gasteiger charge is 2.06. The average molecular weight is 459 g/mol. The van der Waals surface area contributed by atoms with Gasteiger partial charge in [0, 0.05) is 50.0 Å². The first-order valence-electron chi connectivity index (χ1n) is 7.83. The van der Waals surface area contributed by atoms with Crippen molar-refractivity contribution in [1.82, 2.24) is 15.2 Å². The molecule has 0 aliphatic carbocycles. The maximum absolute atomic E-state index is 5.93. The summed E-state index contributed by atoms with van der Waals surface area (Å²) in [5, 5.41) is 4.09. The number of pyridine rings is 1. The van der Waals surface area contributed by atoms with Gasteiger partial charge in [-0.1, -0.05) is 29.8 Å². The quantitative estimate of drug-likeness (QED) is 0.404. The van der Waals surface area contributed by atoms with Crippen LogP contribution in [0.25, 0.3) is 0 Å². The van der Waals surface area contributed by atoms with E-state index in [0.717, 1.165) is 36.2 Å². The Morgan fingerprint density at radius 2 is 1.96 bits per heavy atom. The molecule has 0 saturated heterocycles. The van der Waals surface area contributed by atoms with Crippen molar-refractivity contribution < 1.29 is 0 Å². The number of benzene rings is 1. The number of nitrogens with one attached hydrogen (secondary N) is 1. The van der Waals surface area contributed by atoms with E-state index in [1.54, 1.807) is 0 Å². The molecule has 0 aliphatic rings. The minimum absolute atomic E-state index is 0. The van der Waals surface area contributed by atoms with Gasteiger partial charge in [-0.2, -0.15) is 0 Å². The number of guanidine groups is 1. The first kappa shape index (κ1) is 20.7. The van der Waals surface area contributed by atoms with Crippen molar-refractivity contribution in [2.75, 3.05) is 20.1 Å². The Morgan fingerprint density at radius 3 is 2.58 bits per heavy atom. The van der Waals surface area contributed by atoms with Crippen LogP contribution in [0.3, 0.4) is 0 Å². The molecule has 4 nitrogen and oxygen atoms in total. The summed E-state index contributed by atoms with van der Waals surface area (Å²) < 4.78 is 0. The molecule has 0 atom stereocenters. The molecule has 1 aromatic heterocycles. The van der Waals surface area contributed by atoms with Crippen molar-refractivity contribution in [3.8, 4) is 0 Å². The lowest BCUT2D eigenvalue weighted by molar-refractivity contribution is 0.477. The van der Waals surface area contributed by atoms with Gasteiger partial charge in [0.25, 0.3) is 0 Å². The number of hydrogen-bond acceptors (Lipinski definition) is 2. The van der Waals surface area contributed by atoms with E-state index < -0.39 is 0 Å². The fourth-order valence-corrected chi connectivity index (χ4v) is 2.36. The van der Waals surface area contributed by atoms with Crippen LogP contribution in [-0.4, -0.2) is 36.0 Å². The monoisotopic (exact) mass is 458 g/mol.